The zero-order chi connectivity index (χ0) is 13.8. The molecule has 106 valence electrons. The van der Waals surface area contributed by atoms with E-state index in [-0.39, 0.29) is 12.0 Å². The Morgan fingerprint density at radius 3 is 2.42 bits per heavy atom. The van der Waals surface area contributed by atoms with Gasteiger partial charge < -0.3 is 20.6 Å². The number of hydrogen-bond donors (Lipinski definition) is 4. The molecular weight excluding hydrogens is 242 g/mol. The molecular formula is C15H23NO3. The molecule has 0 spiro atoms. The van der Waals surface area contributed by atoms with Gasteiger partial charge in [-0.3, -0.25) is 0 Å². The minimum Gasteiger partial charge on any atom is -0.390 e. The minimum atomic E-state index is -1.06. The first-order valence-corrected chi connectivity index (χ1v) is 6.91. The van der Waals surface area contributed by atoms with Crippen LogP contribution in [-0.4, -0.2) is 46.2 Å². The molecule has 1 aliphatic carbocycles. The summed E-state index contributed by atoms with van der Waals surface area (Å²) in [6.07, 6.45) is -1.23. The average molecular weight is 265 g/mol. The first-order valence-electron chi connectivity index (χ1n) is 6.91. The largest absolute Gasteiger partial charge is 0.390 e. The lowest BCUT2D eigenvalue weighted by atomic mass is 9.80. The van der Waals surface area contributed by atoms with Gasteiger partial charge in [0.05, 0.1) is 12.2 Å². The Hall–Kier alpha value is -0.940. The fourth-order valence-corrected chi connectivity index (χ4v) is 2.71. The van der Waals surface area contributed by atoms with Gasteiger partial charge in [0, 0.05) is 6.04 Å². The molecule has 4 heteroatoms. The molecule has 0 saturated heterocycles. The number of hydrogen-bond acceptors (Lipinski definition) is 4. The molecule has 1 saturated carbocycles. The maximum Gasteiger partial charge on any atom is 0.107 e. The first-order chi connectivity index (χ1) is 9.09. The van der Waals surface area contributed by atoms with Gasteiger partial charge >= 0.3 is 0 Å². The summed E-state index contributed by atoms with van der Waals surface area (Å²) in [7, 11) is 0. The Morgan fingerprint density at radius 2 is 1.74 bits per heavy atom. The molecule has 1 fully saturated rings. The van der Waals surface area contributed by atoms with Crippen molar-refractivity contribution >= 4 is 0 Å². The summed E-state index contributed by atoms with van der Waals surface area (Å²) in [6.45, 7) is 2.65. The van der Waals surface area contributed by atoms with Gasteiger partial charge in [-0.05, 0) is 30.9 Å². The molecule has 1 aromatic rings. The third kappa shape index (κ3) is 3.54. The molecule has 0 bridgehead atoms. The topological polar surface area (TPSA) is 72.7 Å². The van der Waals surface area contributed by atoms with Crippen LogP contribution in [0.15, 0.2) is 30.3 Å². The highest BCUT2D eigenvalue weighted by Gasteiger charge is 2.40. The lowest BCUT2D eigenvalue weighted by Crippen LogP contribution is -2.57. The van der Waals surface area contributed by atoms with E-state index in [1.807, 2.05) is 25.1 Å². The molecule has 0 radical (unpaired) electrons. The second-order valence-electron chi connectivity index (χ2n) is 5.48. The van der Waals surface area contributed by atoms with Crippen molar-refractivity contribution in [3.63, 3.8) is 0 Å². The molecule has 19 heavy (non-hydrogen) atoms. The van der Waals surface area contributed by atoms with Crippen molar-refractivity contribution in [1.29, 1.82) is 0 Å². The van der Waals surface area contributed by atoms with E-state index in [2.05, 4.69) is 17.4 Å². The third-order valence-corrected chi connectivity index (χ3v) is 3.98. The molecule has 0 aromatic heterocycles. The highest BCUT2D eigenvalue weighted by molar-refractivity contribution is 5.14. The molecule has 4 nitrogen and oxygen atoms in total. The van der Waals surface area contributed by atoms with Gasteiger partial charge in [0.1, 0.15) is 6.10 Å². The van der Waals surface area contributed by atoms with Crippen LogP contribution in [-0.2, 0) is 6.42 Å². The maximum atomic E-state index is 9.95. The van der Waals surface area contributed by atoms with E-state index in [1.54, 1.807) is 0 Å². The molecule has 0 unspecified atom stereocenters. The summed E-state index contributed by atoms with van der Waals surface area (Å²) in [5.41, 5.74) is 1.24. The molecule has 2 rings (SSSR count). The van der Waals surface area contributed by atoms with E-state index in [4.69, 9.17) is 0 Å². The maximum absolute atomic E-state index is 9.95. The zero-order valence-electron chi connectivity index (χ0n) is 11.2. The third-order valence-electron chi connectivity index (χ3n) is 3.98. The average Bonchev–Trinajstić information content (AvgIpc) is 2.43. The Labute approximate surface area is 114 Å². The highest BCUT2D eigenvalue weighted by Crippen LogP contribution is 2.25. The van der Waals surface area contributed by atoms with Gasteiger partial charge in [-0.15, -0.1) is 0 Å². The van der Waals surface area contributed by atoms with Crippen molar-refractivity contribution in [3.8, 4) is 0 Å². The Balaban J connectivity index is 1.82. The smallest absolute Gasteiger partial charge is 0.107 e. The number of aliphatic hydroxyl groups is 3. The van der Waals surface area contributed by atoms with E-state index in [9.17, 15) is 15.3 Å². The SMILES string of the molecule is C[C@@H]1C[C@H](NCCc2ccccc2)[C@@H](O)[C@H](O)[C@@H]1O. The van der Waals surface area contributed by atoms with Crippen molar-refractivity contribution in [3.05, 3.63) is 35.9 Å². The Morgan fingerprint density at radius 1 is 1.05 bits per heavy atom. The van der Waals surface area contributed by atoms with E-state index < -0.39 is 18.3 Å². The number of aliphatic hydroxyl groups excluding tert-OH is 3. The number of nitrogens with one attached hydrogen (secondary N) is 1. The van der Waals surface area contributed by atoms with E-state index in [1.165, 1.54) is 5.56 Å². The standard InChI is InChI=1S/C15H23NO3/c1-10-9-12(14(18)15(19)13(10)17)16-8-7-11-5-3-2-4-6-11/h2-6,10,12-19H,7-9H2,1H3/t10-,12+,13-,14-,15-/m1/s1. The predicted octanol–water partition coefficient (Wildman–Crippen LogP) is 0.310. The second-order valence-corrected chi connectivity index (χ2v) is 5.48. The van der Waals surface area contributed by atoms with Crippen LogP contribution in [0.1, 0.15) is 18.9 Å². The summed E-state index contributed by atoms with van der Waals surface area (Å²) >= 11 is 0. The molecule has 0 amide bonds. The van der Waals surface area contributed by atoms with Gasteiger partial charge in [0.15, 0.2) is 0 Å². The van der Waals surface area contributed by atoms with Crippen LogP contribution in [0.2, 0.25) is 0 Å². The van der Waals surface area contributed by atoms with Gasteiger partial charge in [-0.1, -0.05) is 37.3 Å². The molecule has 1 aromatic carbocycles. The second kappa shape index (κ2) is 6.48. The van der Waals surface area contributed by atoms with Crippen molar-refractivity contribution in [2.45, 2.75) is 44.1 Å². The van der Waals surface area contributed by atoms with E-state index in [0.29, 0.717) is 6.42 Å². The van der Waals surface area contributed by atoms with Crippen molar-refractivity contribution in [2.24, 2.45) is 5.92 Å². The molecule has 0 heterocycles. The van der Waals surface area contributed by atoms with Gasteiger partial charge in [0.25, 0.3) is 0 Å². The number of benzene rings is 1. The molecule has 1 aliphatic rings. The molecule has 0 aliphatic heterocycles. The van der Waals surface area contributed by atoms with Crippen LogP contribution in [0.5, 0.6) is 0 Å². The van der Waals surface area contributed by atoms with Crippen LogP contribution in [0.4, 0.5) is 0 Å². The van der Waals surface area contributed by atoms with Crippen LogP contribution < -0.4 is 5.32 Å². The fraction of sp³-hybridized carbons (Fsp3) is 0.600. The predicted molar refractivity (Wildman–Crippen MR) is 73.7 cm³/mol. The first kappa shape index (κ1) is 14.5. The van der Waals surface area contributed by atoms with Crippen molar-refractivity contribution in [1.82, 2.24) is 5.32 Å². The van der Waals surface area contributed by atoms with Gasteiger partial charge in [-0.2, -0.15) is 0 Å². The highest BCUT2D eigenvalue weighted by atomic mass is 16.4. The summed E-state index contributed by atoms with van der Waals surface area (Å²) in [4.78, 5) is 0. The summed E-state index contributed by atoms with van der Waals surface area (Å²) in [5.74, 6) is -0.00683. The lowest BCUT2D eigenvalue weighted by molar-refractivity contribution is -0.119. The van der Waals surface area contributed by atoms with E-state index in [0.717, 1.165) is 13.0 Å². The molecule has 4 N–H and O–H groups in total. The van der Waals surface area contributed by atoms with Crippen molar-refractivity contribution in [2.75, 3.05) is 6.54 Å². The summed E-state index contributed by atoms with van der Waals surface area (Å²) in [6, 6.07) is 9.99. The van der Waals surface area contributed by atoms with Crippen LogP contribution in [0.25, 0.3) is 0 Å². The summed E-state index contributed by atoms with van der Waals surface area (Å²) in [5, 5.41) is 32.7. The van der Waals surface area contributed by atoms with Crippen LogP contribution in [0.3, 0.4) is 0 Å². The number of rotatable bonds is 4. The van der Waals surface area contributed by atoms with Crippen LogP contribution in [0, 0.1) is 5.92 Å². The van der Waals surface area contributed by atoms with Crippen molar-refractivity contribution < 1.29 is 15.3 Å². The quantitative estimate of drug-likeness (QED) is 0.632. The van der Waals surface area contributed by atoms with Gasteiger partial charge in [0.2, 0.25) is 0 Å². The zero-order valence-corrected chi connectivity index (χ0v) is 11.2. The van der Waals surface area contributed by atoms with E-state index >= 15 is 0 Å². The van der Waals surface area contributed by atoms with Gasteiger partial charge in [-0.25, -0.2) is 0 Å². The lowest BCUT2D eigenvalue weighted by Gasteiger charge is -2.39. The summed E-state index contributed by atoms with van der Waals surface area (Å²) < 4.78 is 0. The Kier molecular flexibility index (Phi) is 4.93. The Bertz CT molecular complexity index is 384. The monoisotopic (exact) mass is 265 g/mol. The normalized spacial score (nSPS) is 35.3. The molecule has 5 atom stereocenters. The fourth-order valence-electron chi connectivity index (χ4n) is 2.71. The van der Waals surface area contributed by atoms with Crippen LogP contribution >= 0.6 is 0 Å². The minimum absolute atomic E-state index is 0.00683.